The van der Waals surface area contributed by atoms with Gasteiger partial charge in [0.1, 0.15) is 0 Å². The second-order valence-electron chi connectivity index (χ2n) is 5.90. The SMILES string of the molecule is Cc1cc(Br)cc(C)c1NC1=NC2CCCCC2CS1. The number of rotatable bonds is 1. The molecule has 0 saturated heterocycles. The van der Waals surface area contributed by atoms with Gasteiger partial charge in [0.25, 0.3) is 0 Å². The van der Waals surface area contributed by atoms with E-state index in [2.05, 4.69) is 47.2 Å². The fraction of sp³-hybridized carbons (Fsp3) is 0.562. The third-order valence-corrected chi connectivity index (χ3v) is 5.85. The highest BCUT2D eigenvalue weighted by Crippen LogP contribution is 2.35. The quantitative estimate of drug-likeness (QED) is 0.756. The molecule has 1 N–H and O–H groups in total. The van der Waals surface area contributed by atoms with Gasteiger partial charge in [0.2, 0.25) is 0 Å². The molecule has 3 rings (SSSR count). The molecular formula is C16H21BrN2S. The summed E-state index contributed by atoms with van der Waals surface area (Å²) in [5.41, 5.74) is 3.76. The van der Waals surface area contributed by atoms with E-state index in [0.29, 0.717) is 6.04 Å². The molecule has 20 heavy (non-hydrogen) atoms. The molecule has 1 aromatic rings. The van der Waals surface area contributed by atoms with Gasteiger partial charge in [-0.1, -0.05) is 40.5 Å². The number of fused-ring (bicyclic) bond motifs is 1. The van der Waals surface area contributed by atoms with E-state index in [4.69, 9.17) is 4.99 Å². The van der Waals surface area contributed by atoms with E-state index >= 15 is 0 Å². The lowest BCUT2D eigenvalue weighted by atomic mass is 9.86. The largest absolute Gasteiger partial charge is 0.335 e. The molecule has 0 bridgehead atoms. The number of benzene rings is 1. The number of anilines is 1. The zero-order chi connectivity index (χ0) is 14.1. The maximum atomic E-state index is 4.96. The van der Waals surface area contributed by atoms with Crippen LogP contribution in [-0.2, 0) is 0 Å². The molecule has 1 aliphatic carbocycles. The molecule has 0 aromatic heterocycles. The summed E-state index contributed by atoms with van der Waals surface area (Å²) in [6.45, 7) is 4.30. The van der Waals surface area contributed by atoms with Gasteiger partial charge in [-0.2, -0.15) is 0 Å². The lowest BCUT2D eigenvalue weighted by Crippen LogP contribution is -2.32. The zero-order valence-corrected chi connectivity index (χ0v) is 14.5. The fourth-order valence-corrected chi connectivity index (χ4v) is 5.04. The topological polar surface area (TPSA) is 24.4 Å². The van der Waals surface area contributed by atoms with Crippen LogP contribution in [0.1, 0.15) is 36.8 Å². The van der Waals surface area contributed by atoms with Gasteiger partial charge in [0.05, 0.1) is 6.04 Å². The maximum Gasteiger partial charge on any atom is 0.161 e. The molecule has 0 radical (unpaired) electrons. The van der Waals surface area contributed by atoms with Gasteiger partial charge in [-0.25, -0.2) is 0 Å². The third-order valence-electron chi connectivity index (χ3n) is 4.32. The van der Waals surface area contributed by atoms with Gasteiger partial charge in [0.15, 0.2) is 5.17 Å². The Morgan fingerprint density at radius 1 is 1.20 bits per heavy atom. The molecule has 1 aliphatic heterocycles. The Balaban J connectivity index is 1.80. The minimum Gasteiger partial charge on any atom is -0.335 e. The first-order valence-electron chi connectivity index (χ1n) is 7.38. The number of nitrogens with one attached hydrogen (secondary N) is 1. The standard InChI is InChI=1S/C16H21BrN2S/c1-10-7-13(17)8-11(2)15(10)19-16-18-14-6-4-3-5-12(14)9-20-16/h7-8,12,14H,3-6,9H2,1-2H3,(H,18,19). The highest BCUT2D eigenvalue weighted by atomic mass is 79.9. The minimum atomic E-state index is 0.559. The fourth-order valence-electron chi connectivity index (χ4n) is 3.21. The average Bonchev–Trinajstić information content (AvgIpc) is 2.42. The first kappa shape index (κ1) is 14.5. The summed E-state index contributed by atoms with van der Waals surface area (Å²) >= 11 is 5.45. The van der Waals surface area contributed by atoms with Crippen LogP contribution < -0.4 is 5.32 Å². The van der Waals surface area contributed by atoms with E-state index < -0.39 is 0 Å². The first-order chi connectivity index (χ1) is 9.63. The van der Waals surface area contributed by atoms with E-state index in [0.717, 1.165) is 15.6 Å². The third kappa shape index (κ3) is 3.06. The number of aliphatic imine (C=N–C) groups is 1. The summed E-state index contributed by atoms with van der Waals surface area (Å²) in [6, 6.07) is 4.88. The minimum absolute atomic E-state index is 0.559. The number of hydrogen-bond donors (Lipinski definition) is 1. The van der Waals surface area contributed by atoms with Crippen molar-refractivity contribution < 1.29 is 0 Å². The van der Waals surface area contributed by atoms with E-state index in [1.807, 2.05) is 11.8 Å². The van der Waals surface area contributed by atoms with Crippen molar-refractivity contribution in [3.8, 4) is 0 Å². The Kier molecular flexibility index (Phi) is 4.41. The van der Waals surface area contributed by atoms with Crippen LogP contribution in [0.5, 0.6) is 0 Å². The number of halogens is 1. The molecule has 4 heteroatoms. The maximum absolute atomic E-state index is 4.96. The summed E-state index contributed by atoms with van der Waals surface area (Å²) in [7, 11) is 0. The molecule has 2 atom stereocenters. The van der Waals surface area contributed by atoms with Crippen LogP contribution in [-0.4, -0.2) is 17.0 Å². The van der Waals surface area contributed by atoms with Crippen molar-refractivity contribution >= 4 is 38.5 Å². The second kappa shape index (κ2) is 6.10. The highest BCUT2D eigenvalue weighted by molar-refractivity contribution is 9.10. The van der Waals surface area contributed by atoms with Gasteiger partial charge in [-0.15, -0.1) is 0 Å². The van der Waals surface area contributed by atoms with Crippen molar-refractivity contribution in [1.82, 2.24) is 0 Å². The Morgan fingerprint density at radius 2 is 1.90 bits per heavy atom. The zero-order valence-electron chi connectivity index (χ0n) is 12.1. The van der Waals surface area contributed by atoms with Crippen LogP contribution in [0.15, 0.2) is 21.6 Å². The molecule has 2 unspecified atom stereocenters. The predicted octanol–water partition coefficient (Wildman–Crippen LogP) is 5.14. The van der Waals surface area contributed by atoms with Crippen molar-refractivity contribution in [1.29, 1.82) is 0 Å². The molecule has 1 aromatic carbocycles. The van der Waals surface area contributed by atoms with Crippen LogP contribution in [0, 0.1) is 19.8 Å². The predicted molar refractivity (Wildman–Crippen MR) is 92.9 cm³/mol. The van der Waals surface area contributed by atoms with Gasteiger partial charge in [-0.05, 0) is 55.9 Å². The summed E-state index contributed by atoms with van der Waals surface area (Å²) in [5.74, 6) is 2.04. The van der Waals surface area contributed by atoms with Crippen LogP contribution >= 0.6 is 27.7 Å². The lowest BCUT2D eigenvalue weighted by Gasteiger charge is -2.33. The molecule has 1 heterocycles. The summed E-state index contributed by atoms with van der Waals surface area (Å²) < 4.78 is 1.14. The first-order valence-corrected chi connectivity index (χ1v) is 9.15. The van der Waals surface area contributed by atoms with Gasteiger partial charge in [-0.3, -0.25) is 4.99 Å². The van der Waals surface area contributed by atoms with Gasteiger partial charge < -0.3 is 5.32 Å². The normalized spacial score (nSPS) is 25.9. The summed E-state index contributed by atoms with van der Waals surface area (Å²) in [4.78, 5) is 4.96. The van der Waals surface area contributed by atoms with E-state index in [-0.39, 0.29) is 0 Å². The average molecular weight is 353 g/mol. The molecule has 0 spiro atoms. The molecule has 0 amide bonds. The van der Waals surface area contributed by atoms with Crippen molar-refractivity contribution in [2.75, 3.05) is 11.1 Å². The molecule has 108 valence electrons. The second-order valence-corrected chi connectivity index (χ2v) is 7.82. The number of aryl methyl sites for hydroxylation is 2. The molecule has 2 nitrogen and oxygen atoms in total. The monoisotopic (exact) mass is 352 g/mol. The van der Waals surface area contributed by atoms with E-state index in [9.17, 15) is 0 Å². The van der Waals surface area contributed by atoms with E-state index in [1.54, 1.807) is 0 Å². The Morgan fingerprint density at radius 3 is 2.65 bits per heavy atom. The Hall–Kier alpha value is -0.480. The molecular weight excluding hydrogens is 332 g/mol. The smallest absolute Gasteiger partial charge is 0.161 e. The van der Waals surface area contributed by atoms with Crippen molar-refractivity contribution in [2.45, 2.75) is 45.6 Å². The summed E-state index contributed by atoms with van der Waals surface area (Å²) in [5, 5.41) is 4.68. The van der Waals surface area contributed by atoms with Crippen LogP contribution in [0.25, 0.3) is 0 Å². The Labute approximate surface area is 134 Å². The number of nitrogens with zero attached hydrogens (tertiary/aromatic N) is 1. The number of thioether (sulfide) groups is 1. The van der Waals surface area contributed by atoms with Crippen molar-refractivity contribution in [3.63, 3.8) is 0 Å². The van der Waals surface area contributed by atoms with Crippen LogP contribution in [0.2, 0.25) is 0 Å². The van der Waals surface area contributed by atoms with E-state index in [1.165, 1.54) is 48.3 Å². The molecule has 1 saturated carbocycles. The number of amidine groups is 1. The highest BCUT2D eigenvalue weighted by Gasteiger charge is 2.29. The van der Waals surface area contributed by atoms with Crippen LogP contribution in [0.4, 0.5) is 5.69 Å². The van der Waals surface area contributed by atoms with Crippen LogP contribution in [0.3, 0.4) is 0 Å². The Bertz CT molecular complexity index is 518. The van der Waals surface area contributed by atoms with Crippen molar-refractivity contribution in [2.24, 2.45) is 10.9 Å². The lowest BCUT2D eigenvalue weighted by molar-refractivity contribution is 0.336. The number of hydrogen-bond acceptors (Lipinski definition) is 3. The molecule has 2 aliphatic rings. The molecule has 1 fully saturated rings. The van der Waals surface area contributed by atoms with Gasteiger partial charge >= 0.3 is 0 Å². The summed E-state index contributed by atoms with van der Waals surface area (Å²) in [6.07, 6.45) is 5.38. The van der Waals surface area contributed by atoms with Crippen molar-refractivity contribution in [3.05, 3.63) is 27.7 Å². The van der Waals surface area contributed by atoms with Gasteiger partial charge in [0, 0.05) is 15.9 Å².